The first-order valence-corrected chi connectivity index (χ1v) is 8.05. The van der Waals surface area contributed by atoms with Crippen LogP contribution in [-0.4, -0.2) is 11.9 Å². The topological polar surface area (TPSA) is 55.1 Å². The largest absolute Gasteiger partial charge is 0.399 e. The first-order valence-electron chi connectivity index (χ1n) is 8.05. The number of carbonyl (C=O) groups excluding carboxylic acids is 1. The normalized spacial score (nSPS) is 13.0. The van der Waals surface area contributed by atoms with Gasteiger partial charge in [0.2, 0.25) is 5.91 Å². The average molecular weight is 290 g/mol. The lowest BCUT2D eigenvalue weighted by Crippen LogP contribution is -2.44. The SMILES string of the molecule is CCCCCCC(C)NC(=O)C(C)(C)c1ccc(N)cc1. The Morgan fingerprint density at radius 2 is 1.81 bits per heavy atom. The molecule has 0 aliphatic rings. The Labute approximate surface area is 129 Å². The maximum Gasteiger partial charge on any atom is 0.230 e. The highest BCUT2D eigenvalue weighted by molar-refractivity contribution is 5.87. The molecule has 0 radical (unpaired) electrons. The molecule has 0 bridgehead atoms. The number of nitrogens with one attached hydrogen (secondary N) is 1. The third-order valence-corrected chi connectivity index (χ3v) is 4.07. The van der Waals surface area contributed by atoms with Crippen LogP contribution in [0.25, 0.3) is 0 Å². The van der Waals surface area contributed by atoms with Crippen molar-refractivity contribution >= 4 is 11.6 Å². The molecule has 0 aromatic heterocycles. The van der Waals surface area contributed by atoms with Gasteiger partial charge in [-0.15, -0.1) is 0 Å². The Kier molecular flexibility index (Phi) is 6.73. The van der Waals surface area contributed by atoms with Crippen molar-refractivity contribution in [2.45, 2.75) is 71.3 Å². The van der Waals surface area contributed by atoms with Gasteiger partial charge < -0.3 is 11.1 Å². The number of nitrogens with two attached hydrogens (primary N) is 1. The smallest absolute Gasteiger partial charge is 0.230 e. The Balaban J connectivity index is 2.54. The van der Waals surface area contributed by atoms with E-state index in [1.807, 2.05) is 38.1 Å². The van der Waals surface area contributed by atoms with Crippen molar-refractivity contribution in [2.75, 3.05) is 5.73 Å². The molecular weight excluding hydrogens is 260 g/mol. The van der Waals surface area contributed by atoms with Crippen molar-refractivity contribution in [3.05, 3.63) is 29.8 Å². The number of rotatable bonds is 8. The summed E-state index contributed by atoms with van der Waals surface area (Å²) in [7, 11) is 0. The third kappa shape index (κ3) is 5.41. The summed E-state index contributed by atoms with van der Waals surface area (Å²) in [6.45, 7) is 8.21. The summed E-state index contributed by atoms with van der Waals surface area (Å²) >= 11 is 0. The van der Waals surface area contributed by atoms with Crippen LogP contribution in [0.4, 0.5) is 5.69 Å². The van der Waals surface area contributed by atoms with Crippen LogP contribution in [0.5, 0.6) is 0 Å². The molecule has 1 amide bonds. The fraction of sp³-hybridized carbons (Fsp3) is 0.611. The van der Waals surface area contributed by atoms with Crippen molar-refractivity contribution in [3.8, 4) is 0 Å². The number of hydrogen-bond donors (Lipinski definition) is 2. The van der Waals surface area contributed by atoms with E-state index in [2.05, 4.69) is 19.2 Å². The van der Waals surface area contributed by atoms with Crippen molar-refractivity contribution in [1.29, 1.82) is 0 Å². The highest BCUT2D eigenvalue weighted by Crippen LogP contribution is 2.24. The van der Waals surface area contributed by atoms with E-state index in [-0.39, 0.29) is 11.9 Å². The molecule has 1 rings (SSSR count). The van der Waals surface area contributed by atoms with E-state index in [0.29, 0.717) is 0 Å². The van der Waals surface area contributed by atoms with Crippen molar-refractivity contribution < 1.29 is 4.79 Å². The minimum absolute atomic E-state index is 0.0789. The molecule has 3 N–H and O–H groups in total. The molecule has 1 aromatic carbocycles. The van der Waals surface area contributed by atoms with Gasteiger partial charge in [0.15, 0.2) is 0 Å². The molecule has 0 saturated carbocycles. The second-order valence-corrected chi connectivity index (χ2v) is 6.47. The molecule has 118 valence electrons. The molecule has 21 heavy (non-hydrogen) atoms. The summed E-state index contributed by atoms with van der Waals surface area (Å²) in [6, 6.07) is 7.78. The van der Waals surface area contributed by atoms with Gasteiger partial charge in [-0.1, -0.05) is 44.7 Å². The molecule has 1 unspecified atom stereocenters. The number of hydrogen-bond acceptors (Lipinski definition) is 2. The van der Waals surface area contributed by atoms with Gasteiger partial charge in [-0.05, 0) is 44.9 Å². The van der Waals surface area contributed by atoms with Crippen LogP contribution >= 0.6 is 0 Å². The zero-order chi connectivity index (χ0) is 15.9. The lowest BCUT2D eigenvalue weighted by atomic mass is 9.83. The average Bonchev–Trinajstić information content (AvgIpc) is 2.44. The number of benzene rings is 1. The molecule has 1 aromatic rings. The zero-order valence-corrected chi connectivity index (χ0v) is 13.9. The van der Waals surface area contributed by atoms with Gasteiger partial charge >= 0.3 is 0 Å². The number of anilines is 1. The van der Waals surface area contributed by atoms with E-state index in [4.69, 9.17) is 5.73 Å². The molecule has 0 heterocycles. The first kappa shape index (κ1) is 17.5. The summed E-state index contributed by atoms with van der Waals surface area (Å²) in [5.74, 6) is 0.0789. The predicted molar refractivity (Wildman–Crippen MR) is 90.2 cm³/mol. The predicted octanol–water partition coefficient (Wildman–Crippen LogP) is 4.02. The van der Waals surface area contributed by atoms with Gasteiger partial charge in [-0.3, -0.25) is 4.79 Å². The molecule has 0 fully saturated rings. The number of unbranched alkanes of at least 4 members (excludes halogenated alkanes) is 3. The van der Waals surface area contributed by atoms with Gasteiger partial charge in [0, 0.05) is 11.7 Å². The van der Waals surface area contributed by atoms with Crippen molar-refractivity contribution in [3.63, 3.8) is 0 Å². The van der Waals surface area contributed by atoms with E-state index in [9.17, 15) is 4.79 Å². The summed E-state index contributed by atoms with van der Waals surface area (Å²) < 4.78 is 0. The minimum Gasteiger partial charge on any atom is -0.399 e. The molecular formula is C18H30N2O. The Morgan fingerprint density at radius 1 is 1.19 bits per heavy atom. The molecule has 0 aliphatic carbocycles. The fourth-order valence-electron chi connectivity index (χ4n) is 2.38. The van der Waals surface area contributed by atoms with Crippen LogP contribution in [0.2, 0.25) is 0 Å². The van der Waals surface area contributed by atoms with E-state index in [0.717, 1.165) is 17.7 Å². The number of nitrogen functional groups attached to an aromatic ring is 1. The number of amides is 1. The summed E-state index contributed by atoms with van der Waals surface area (Å²) in [4.78, 5) is 12.5. The summed E-state index contributed by atoms with van der Waals surface area (Å²) in [5.41, 5.74) is 6.88. The van der Waals surface area contributed by atoms with Gasteiger partial charge in [0.05, 0.1) is 5.41 Å². The fourth-order valence-corrected chi connectivity index (χ4v) is 2.38. The van der Waals surface area contributed by atoms with Crippen LogP contribution in [0.3, 0.4) is 0 Å². The van der Waals surface area contributed by atoms with Gasteiger partial charge in [0.1, 0.15) is 0 Å². The van der Waals surface area contributed by atoms with E-state index >= 15 is 0 Å². The van der Waals surface area contributed by atoms with Crippen molar-refractivity contribution in [2.24, 2.45) is 0 Å². The molecule has 0 spiro atoms. The van der Waals surface area contributed by atoms with Crippen LogP contribution in [0.15, 0.2) is 24.3 Å². The molecule has 1 atom stereocenters. The van der Waals surface area contributed by atoms with Crippen LogP contribution < -0.4 is 11.1 Å². The van der Waals surface area contributed by atoms with Crippen LogP contribution in [-0.2, 0) is 10.2 Å². The van der Waals surface area contributed by atoms with Crippen molar-refractivity contribution in [1.82, 2.24) is 5.32 Å². The van der Waals surface area contributed by atoms with Gasteiger partial charge in [-0.25, -0.2) is 0 Å². The maximum atomic E-state index is 12.5. The van der Waals surface area contributed by atoms with Gasteiger partial charge in [0.25, 0.3) is 0 Å². The zero-order valence-electron chi connectivity index (χ0n) is 13.9. The first-order chi connectivity index (χ1) is 9.87. The van der Waals surface area contributed by atoms with E-state index in [1.54, 1.807) is 0 Å². The highest BCUT2D eigenvalue weighted by atomic mass is 16.2. The van der Waals surface area contributed by atoms with E-state index < -0.39 is 5.41 Å². The second-order valence-electron chi connectivity index (χ2n) is 6.47. The maximum absolute atomic E-state index is 12.5. The third-order valence-electron chi connectivity index (χ3n) is 4.07. The standard InChI is InChI=1S/C18H30N2O/c1-5-6-7-8-9-14(2)20-17(21)18(3,4)15-10-12-16(19)13-11-15/h10-14H,5-9,19H2,1-4H3,(H,20,21). The molecule has 3 heteroatoms. The molecule has 0 aliphatic heterocycles. The second kappa shape index (κ2) is 8.06. The lowest BCUT2D eigenvalue weighted by Gasteiger charge is -2.26. The number of carbonyl (C=O) groups is 1. The van der Waals surface area contributed by atoms with Crippen LogP contribution in [0.1, 0.15) is 65.4 Å². The van der Waals surface area contributed by atoms with E-state index in [1.165, 1.54) is 25.7 Å². The monoisotopic (exact) mass is 290 g/mol. The summed E-state index contributed by atoms with van der Waals surface area (Å²) in [5, 5.41) is 3.14. The Morgan fingerprint density at radius 3 is 2.38 bits per heavy atom. The molecule has 0 saturated heterocycles. The minimum atomic E-state index is -0.536. The van der Waals surface area contributed by atoms with Crippen LogP contribution in [0, 0.1) is 0 Å². The quantitative estimate of drug-likeness (QED) is 0.561. The lowest BCUT2D eigenvalue weighted by molar-refractivity contribution is -0.126. The summed E-state index contributed by atoms with van der Waals surface area (Å²) in [6.07, 6.45) is 5.99. The van der Waals surface area contributed by atoms with Gasteiger partial charge in [-0.2, -0.15) is 0 Å². The Bertz CT molecular complexity index is 437. The highest BCUT2D eigenvalue weighted by Gasteiger charge is 2.30. The molecule has 3 nitrogen and oxygen atoms in total. The Hall–Kier alpha value is -1.51.